The molecule has 0 saturated carbocycles. The summed E-state index contributed by atoms with van der Waals surface area (Å²) in [6, 6.07) is 55.1. The van der Waals surface area contributed by atoms with Crippen LogP contribution < -0.4 is 9.80 Å². The van der Waals surface area contributed by atoms with E-state index in [-0.39, 0.29) is 0 Å². The Kier molecular flexibility index (Phi) is 8.85. The van der Waals surface area contributed by atoms with Gasteiger partial charge in [0.05, 0.1) is 0 Å². The highest BCUT2D eigenvalue weighted by Gasteiger charge is 2.23. The second-order valence-corrected chi connectivity index (χ2v) is 15.0. The fourth-order valence-electron chi connectivity index (χ4n) is 8.38. The first-order valence-electron chi connectivity index (χ1n) is 19.7. The maximum absolute atomic E-state index is 2.48. The van der Waals surface area contributed by atoms with E-state index < -0.39 is 0 Å². The zero-order valence-electron chi connectivity index (χ0n) is 31.3. The Labute approximate surface area is 329 Å². The summed E-state index contributed by atoms with van der Waals surface area (Å²) in [6.45, 7) is 0. The van der Waals surface area contributed by atoms with E-state index in [0.29, 0.717) is 5.92 Å². The molecule has 0 bridgehead atoms. The number of anilines is 4. The third-order valence-electron chi connectivity index (χ3n) is 11.4. The van der Waals surface area contributed by atoms with Crippen LogP contribution in [0.2, 0.25) is 0 Å². The lowest BCUT2D eigenvalue weighted by Crippen LogP contribution is -2.24. The topological polar surface area (TPSA) is 6.48 Å². The molecule has 0 heterocycles. The summed E-state index contributed by atoms with van der Waals surface area (Å²) >= 11 is 0. The Bertz CT molecular complexity index is 2760. The van der Waals surface area contributed by atoms with Gasteiger partial charge in [0.2, 0.25) is 0 Å². The van der Waals surface area contributed by atoms with Crippen molar-refractivity contribution >= 4 is 61.1 Å². The highest BCUT2D eigenvalue weighted by molar-refractivity contribution is 5.93. The number of hydrogen-bond donors (Lipinski definition) is 0. The smallest absolute Gasteiger partial charge is 0.0468 e. The second-order valence-electron chi connectivity index (χ2n) is 15.0. The zero-order valence-corrected chi connectivity index (χ0v) is 31.3. The van der Waals surface area contributed by atoms with Gasteiger partial charge in [-0.3, -0.25) is 0 Å². The van der Waals surface area contributed by atoms with Gasteiger partial charge in [0, 0.05) is 40.1 Å². The largest absolute Gasteiger partial charge is 0.314 e. The van der Waals surface area contributed by atoms with Gasteiger partial charge in [-0.05, 0) is 129 Å². The lowest BCUT2D eigenvalue weighted by molar-refractivity contribution is 0.763. The van der Waals surface area contributed by atoms with Crippen molar-refractivity contribution in [2.24, 2.45) is 5.92 Å². The van der Waals surface area contributed by atoms with Gasteiger partial charge >= 0.3 is 0 Å². The number of nitrogens with zero attached hydrogens (tertiary/aromatic N) is 2. The molecule has 56 heavy (non-hydrogen) atoms. The maximum atomic E-state index is 2.48. The van der Waals surface area contributed by atoms with Crippen molar-refractivity contribution < 1.29 is 0 Å². The van der Waals surface area contributed by atoms with Gasteiger partial charge in [-0.25, -0.2) is 0 Å². The van der Waals surface area contributed by atoms with Crippen LogP contribution in [-0.4, -0.2) is 0 Å². The molecular formula is C54H42N2. The van der Waals surface area contributed by atoms with Crippen molar-refractivity contribution in [1.29, 1.82) is 0 Å². The van der Waals surface area contributed by atoms with Gasteiger partial charge in [0.25, 0.3) is 0 Å². The molecule has 7 aromatic carbocycles. The molecule has 3 aliphatic carbocycles. The molecule has 0 aliphatic heterocycles. The van der Waals surface area contributed by atoms with E-state index in [9.17, 15) is 0 Å². The van der Waals surface area contributed by atoms with Crippen LogP contribution in [-0.2, 0) is 0 Å². The molecule has 0 fully saturated rings. The summed E-state index contributed by atoms with van der Waals surface area (Å²) < 4.78 is 0. The maximum Gasteiger partial charge on any atom is 0.0468 e. The van der Waals surface area contributed by atoms with E-state index >= 15 is 0 Å². The van der Waals surface area contributed by atoms with Gasteiger partial charge in [-0.2, -0.15) is 0 Å². The van der Waals surface area contributed by atoms with Gasteiger partial charge in [-0.15, -0.1) is 0 Å². The van der Waals surface area contributed by atoms with Crippen LogP contribution in [0.25, 0.3) is 38.4 Å². The SMILES string of the molecule is C1=CCC2C=C(N(C3=CC=C(/C=C/c4ccc(N(c5ccc6ccccc6c5)c5ccc6ccccc6c5)cc4)CC3)c3ccc4ccccc4c3)C=CC2=C1. The van der Waals surface area contributed by atoms with Crippen molar-refractivity contribution in [2.45, 2.75) is 19.3 Å². The van der Waals surface area contributed by atoms with E-state index in [1.54, 1.807) is 0 Å². The first-order valence-corrected chi connectivity index (χ1v) is 19.7. The summed E-state index contributed by atoms with van der Waals surface area (Å²) in [7, 11) is 0. The average molecular weight is 719 g/mol. The normalized spacial score (nSPS) is 16.4. The minimum absolute atomic E-state index is 0.416. The molecule has 268 valence electrons. The molecule has 1 atom stereocenters. The quantitative estimate of drug-likeness (QED) is 0.154. The predicted molar refractivity (Wildman–Crippen MR) is 240 cm³/mol. The summed E-state index contributed by atoms with van der Waals surface area (Å²) in [5.74, 6) is 0.416. The van der Waals surface area contributed by atoms with Gasteiger partial charge in [0.15, 0.2) is 0 Å². The van der Waals surface area contributed by atoms with Gasteiger partial charge in [-0.1, -0.05) is 152 Å². The molecular weight excluding hydrogens is 677 g/mol. The third-order valence-corrected chi connectivity index (χ3v) is 11.4. The van der Waals surface area contributed by atoms with E-state index in [2.05, 4.69) is 222 Å². The molecule has 0 N–H and O–H groups in total. The van der Waals surface area contributed by atoms with Crippen molar-refractivity contribution in [3.8, 4) is 0 Å². The molecule has 0 saturated heterocycles. The van der Waals surface area contributed by atoms with E-state index in [4.69, 9.17) is 0 Å². The Morgan fingerprint density at radius 3 is 1.59 bits per heavy atom. The van der Waals surface area contributed by atoms with Crippen molar-refractivity contribution in [3.63, 3.8) is 0 Å². The molecule has 0 amide bonds. The first-order chi connectivity index (χ1) is 27.7. The molecule has 1 unspecified atom stereocenters. The van der Waals surface area contributed by atoms with Crippen molar-refractivity contribution in [3.05, 3.63) is 234 Å². The summed E-state index contributed by atoms with van der Waals surface area (Å²) in [5, 5.41) is 7.47. The van der Waals surface area contributed by atoms with Crippen molar-refractivity contribution in [1.82, 2.24) is 0 Å². The summed E-state index contributed by atoms with van der Waals surface area (Å²) in [6.07, 6.45) is 25.9. The Morgan fingerprint density at radius 2 is 1.02 bits per heavy atom. The van der Waals surface area contributed by atoms with Crippen LogP contribution in [0.15, 0.2) is 229 Å². The highest BCUT2D eigenvalue weighted by atomic mass is 15.2. The predicted octanol–water partition coefficient (Wildman–Crippen LogP) is 14.7. The van der Waals surface area contributed by atoms with Crippen LogP contribution in [0.5, 0.6) is 0 Å². The molecule has 7 aromatic rings. The minimum Gasteiger partial charge on any atom is -0.314 e. The van der Waals surface area contributed by atoms with Crippen LogP contribution in [0, 0.1) is 5.92 Å². The Balaban J connectivity index is 0.936. The van der Waals surface area contributed by atoms with E-state index in [0.717, 1.165) is 36.3 Å². The Morgan fingerprint density at radius 1 is 0.464 bits per heavy atom. The monoisotopic (exact) mass is 718 g/mol. The van der Waals surface area contributed by atoms with Crippen molar-refractivity contribution in [2.75, 3.05) is 9.80 Å². The number of rotatable bonds is 8. The summed E-state index contributed by atoms with van der Waals surface area (Å²) in [5.41, 5.74) is 11.1. The zero-order chi connectivity index (χ0) is 37.3. The van der Waals surface area contributed by atoms with Gasteiger partial charge in [0.1, 0.15) is 0 Å². The fourth-order valence-corrected chi connectivity index (χ4v) is 8.38. The summed E-state index contributed by atoms with van der Waals surface area (Å²) in [4.78, 5) is 4.84. The molecule has 2 nitrogen and oxygen atoms in total. The number of fused-ring (bicyclic) bond motifs is 4. The molecule has 2 heteroatoms. The van der Waals surface area contributed by atoms with Crippen LogP contribution in [0.4, 0.5) is 22.7 Å². The standard InChI is InChI=1S/C54H42N2/c1-5-13-45-35-51(31-23-41(45)9-1)55(52-32-24-42-10-2-6-14-46(42)36-52)49-27-19-39(20-28-49)17-18-40-21-29-50(30-22-40)56(53-33-25-43-11-3-7-15-47(43)37-53)54-34-26-44-12-4-8-16-48(44)38-54/h1-15,17-21,23-29,31-38,48H,16,22,30H2/b18-17+. The number of allylic oxidation sites excluding steroid dienone is 12. The highest BCUT2D eigenvalue weighted by Crippen LogP contribution is 2.39. The molecule has 0 radical (unpaired) electrons. The average Bonchev–Trinajstić information content (AvgIpc) is 3.26. The minimum atomic E-state index is 0.416. The number of benzene rings is 7. The number of hydrogen-bond acceptors (Lipinski definition) is 2. The van der Waals surface area contributed by atoms with Crippen LogP contribution in [0.3, 0.4) is 0 Å². The first kappa shape index (κ1) is 33.7. The molecule has 0 aromatic heterocycles. The molecule has 3 aliphatic rings. The van der Waals surface area contributed by atoms with Crippen LogP contribution in [0.1, 0.15) is 24.8 Å². The molecule has 0 spiro atoms. The van der Waals surface area contributed by atoms with E-state index in [1.165, 1.54) is 66.1 Å². The van der Waals surface area contributed by atoms with E-state index in [1.807, 2.05) is 0 Å². The molecule has 10 rings (SSSR count). The second kappa shape index (κ2) is 14.7. The third kappa shape index (κ3) is 6.71. The fraction of sp³-hybridized carbons (Fsp3) is 0.0741. The van der Waals surface area contributed by atoms with Gasteiger partial charge < -0.3 is 9.80 Å². The lowest BCUT2D eigenvalue weighted by atomic mass is 9.86. The Hall–Kier alpha value is -6.90. The van der Waals surface area contributed by atoms with Crippen LogP contribution >= 0.6 is 0 Å². The lowest BCUT2D eigenvalue weighted by Gasteiger charge is -2.33.